The van der Waals surface area contributed by atoms with Gasteiger partial charge in [-0.3, -0.25) is 15.1 Å². The van der Waals surface area contributed by atoms with Crippen molar-refractivity contribution >= 4 is 22.4 Å². The van der Waals surface area contributed by atoms with E-state index < -0.39 is 0 Å². The first-order chi connectivity index (χ1) is 10.6. The Bertz CT molecular complexity index is 812. The molecule has 0 saturated carbocycles. The quantitative estimate of drug-likeness (QED) is 0.793. The van der Waals surface area contributed by atoms with E-state index in [1.165, 1.54) is 22.5 Å². The van der Waals surface area contributed by atoms with Gasteiger partial charge in [0.25, 0.3) is 5.91 Å². The third kappa shape index (κ3) is 3.04. The van der Waals surface area contributed by atoms with Gasteiger partial charge in [0.1, 0.15) is 5.69 Å². The Morgan fingerprint density at radius 1 is 1.18 bits per heavy atom. The van der Waals surface area contributed by atoms with Crippen LogP contribution in [0.4, 0.5) is 5.13 Å². The summed E-state index contributed by atoms with van der Waals surface area (Å²) in [6.07, 6.45) is 1.60. The van der Waals surface area contributed by atoms with Crippen LogP contribution in [0.25, 0.3) is 11.3 Å². The highest BCUT2D eigenvalue weighted by atomic mass is 32.1. The van der Waals surface area contributed by atoms with Crippen molar-refractivity contribution in [2.45, 2.75) is 13.8 Å². The molecule has 1 amide bonds. The van der Waals surface area contributed by atoms with Crippen LogP contribution in [0.15, 0.2) is 48.0 Å². The molecule has 0 fully saturated rings. The lowest BCUT2D eigenvalue weighted by atomic mass is 10.0. The second-order valence-electron chi connectivity index (χ2n) is 5.03. The monoisotopic (exact) mass is 309 g/mol. The number of hydrogen-bond donors (Lipinski definition) is 1. The summed E-state index contributed by atoms with van der Waals surface area (Å²) in [5, 5.41) is 5.32. The Labute approximate surface area is 132 Å². The van der Waals surface area contributed by atoms with E-state index in [1.54, 1.807) is 24.4 Å². The van der Waals surface area contributed by atoms with E-state index in [1.807, 2.05) is 5.38 Å². The molecule has 0 aliphatic carbocycles. The SMILES string of the molecule is Cc1ccc(C)c(-c2csc(NC(=O)c3ccccn3)n2)c1. The molecule has 1 aromatic carbocycles. The molecule has 110 valence electrons. The summed E-state index contributed by atoms with van der Waals surface area (Å²) in [4.78, 5) is 20.6. The lowest BCUT2D eigenvalue weighted by Gasteiger charge is -2.04. The molecule has 0 bridgehead atoms. The van der Waals surface area contributed by atoms with Crippen molar-refractivity contribution in [3.63, 3.8) is 0 Å². The Morgan fingerprint density at radius 2 is 2.05 bits per heavy atom. The molecule has 4 nitrogen and oxygen atoms in total. The van der Waals surface area contributed by atoms with Gasteiger partial charge in [0.05, 0.1) is 5.69 Å². The number of anilines is 1. The van der Waals surface area contributed by atoms with Crippen molar-refractivity contribution in [2.24, 2.45) is 0 Å². The van der Waals surface area contributed by atoms with Crippen LogP contribution in [0.2, 0.25) is 0 Å². The fraction of sp³-hybridized carbons (Fsp3) is 0.118. The van der Waals surface area contributed by atoms with Crippen LogP contribution in [-0.2, 0) is 0 Å². The summed E-state index contributed by atoms with van der Waals surface area (Å²) >= 11 is 1.41. The van der Waals surface area contributed by atoms with E-state index in [0.717, 1.165) is 11.3 Å². The zero-order valence-corrected chi connectivity index (χ0v) is 13.1. The maximum Gasteiger partial charge on any atom is 0.276 e. The number of nitrogens with zero attached hydrogens (tertiary/aromatic N) is 2. The van der Waals surface area contributed by atoms with E-state index in [0.29, 0.717) is 10.8 Å². The third-order valence-electron chi connectivity index (χ3n) is 3.29. The van der Waals surface area contributed by atoms with E-state index >= 15 is 0 Å². The summed E-state index contributed by atoms with van der Waals surface area (Å²) in [7, 11) is 0. The maximum absolute atomic E-state index is 12.1. The molecule has 0 spiro atoms. The van der Waals surface area contributed by atoms with Gasteiger partial charge in [0, 0.05) is 17.1 Å². The number of rotatable bonds is 3. The summed E-state index contributed by atoms with van der Waals surface area (Å²) < 4.78 is 0. The van der Waals surface area contributed by atoms with Crippen LogP contribution < -0.4 is 5.32 Å². The molecular formula is C17H15N3OS. The van der Waals surface area contributed by atoms with Crippen molar-refractivity contribution in [1.82, 2.24) is 9.97 Å². The fourth-order valence-corrected chi connectivity index (χ4v) is 2.83. The normalized spacial score (nSPS) is 10.5. The lowest BCUT2D eigenvalue weighted by Crippen LogP contribution is -2.13. The lowest BCUT2D eigenvalue weighted by molar-refractivity contribution is 0.102. The Balaban J connectivity index is 1.82. The molecule has 0 atom stereocenters. The number of aromatic nitrogens is 2. The first kappa shape index (κ1) is 14.4. The summed E-state index contributed by atoms with van der Waals surface area (Å²) in [5.74, 6) is -0.248. The van der Waals surface area contributed by atoms with Crippen molar-refractivity contribution < 1.29 is 4.79 Å². The number of pyridine rings is 1. The number of carbonyl (C=O) groups is 1. The Kier molecular flexibility index (Phi) is 3.98. The van der Waals surface area contributed by atoms with Crippen LogP contribution in [0.5, 0.6) is 0 Å². The molecule has 2 aromatic heterocycles. The molecule has 3 aromatic rings. The predicted octanol–water partition coefficient (Wildman–Crippen LogP) is 4.07. The minimum atomic E-state index is -0.248. The molecule has 0 unspecified atom stereocenters. The third-order valence-corrected chi connectivity index (χ3v) is 4.05. The van der Waals surface area contributed by atoms with Crippen LogP contribution in [0.3, 0.4) is 0 Å². The highest BCUT2D eigenvalue weighted by Gasteiger charge is 2.11. The molecule has 0 radical (unpaired) electrons. The highest BCUT2D eigenvalue weighted by Crippen LogP contribution is 2.28. The average Bonchev–Trinajstić information content (AvgIpc) is 2.99. The van der Waals surface area contributed by atoms with Gasteiger partial charge in [-0.1, -0.05) is 23.8 Å². The first-order valence-corrected chi connectivity index (χ1v) is 7.77. The predicted molar refractivity (Wildman–Crippen MR) is 89.2 cm³/mol. The number of benzene rings is 1. The second-order valence-corrected chi connectivity index (χ2v) is 5.88. The van der Waals surface area contributed by atoms with Gasteiger partial charge in [-0.05, 0) is 37.6 Å². The maximum atomic E-state index is 12.1. The standard InChI is InChI=1S/C17H15N3OS/c1-11-6-7-12(2)13(9-11)15-10-22-17(19-15)20-16(21)14-5-3-4-8-18-14/h3-10H,1-2H3,(H,19,20,21). The zero-order chi connectivity index (χ0) is 15.5. The van der Waals surface area contributed by atoms with Crippen LogP contribution >= 0.6 is 11.3 Å². The molecule has 0 aliphatic heterocycles. The first-order valence-electron chi connectivity index (χ1n) is 6.89. The molecular weight excluding hydrogens is 294 g/mol. The van der Waals surface area contributed by atoms with Crippen molar-refractivity contribution in [3.05, 3.63) is 64.8 Å². The van der Waals surface area contributed by atoms with Crippen molar-refractivity contribution in [1.29, 1.82) is 0 Å². The Hall–Kier alpha value is -2.53. The second kappa shape index (κ2) is 6.07. The average molecular weight is 309 g/mol. The van der Waals surface area contributed by atoms with E-state index in [2.05, 4.69) is 47.3 Å². The topological polar surface area (TPSA) is 54.9 Å². The van der Waals surface area contributed by atoms with Crippen molar-refractivity contribution in [2.75, 3.05) is 5.32 Å². The number of carbonyl (C=O) groups excluding carboxylic acids is 1. The van der Waals surface area contributed by atoms with Gasteiger partial charge in [0.15, 0.2) is 5.13 Å². The minimum absolute atomic E-state index is 0.248. The van der Waals surface area contributed by atoms with Crippen LogP contribution in [0.1, 0.15) is 21.6 Å². The van der Waals surface area contributed by atoms with Gasteiger partial charge in [-0.15, -0.1) is 11.3 Å². The molecule has 1 N–H and O–H groups in total. The van der Waals surface area contributed by atoms with Gasteiger partial charge in [-0.2, -0.15) is 0 Å². The van der Waals surface area contributed by atoms with Gasteiger partial charge in [-0.25, -0.2) is 4.98 Å². The largest absolute Gasteiger partial charge is 0.296 e. The molecule has 0 saturated heterocycles. The number of thiazole rings is 1. The van der Waals surface area contributed by atoms with Crippen LogP contribution in [-0.4, -0.2) is 15.9 Å². The zero-order valence-electron chi connectivity index (χ0n) is 12.3. The fourth-order valence-electron chi connectivity index (χ4n) is 2.12. The van der Waals surface area contributed by atoms with Crippen molar-refractivity contribution in [3.8, 4) is 11.3 Å². The van der Waals surface area contributed by atoms with Gasteiger partial charge >= 0.3 is 0 Å². The number of hydrogen-bond acceptors (Lipinski definition) is 4. The summed E-state index contributed by atoms with van der Waals surface area (Å²) in [6.45, 7) is 4.11. The summed E-state index contributed by atoms with van der Waals surface area (Å²) in [5.41, 5.74) is 4.70. The van der Waals surface area contributed by atoms with E-state index in [9.17, 15) is 4.79 Å². The molecule has 0 aliphatic rings. The Morgan fingerprint density at radius 3 is 2.82 bits per heavy atom. The highest BCUT2D eigenvalue weighted by molar-refractivity contribution is 7.14. The summed E-state index contributed by atoms with van der Waals surface area (Å²) in [6, 6.07) is 11.5. The molecule has 22 heavy (non-hydrogen) atoms. The van der Waals surface area contributed by atoms with Gasteiger partial charge in [0.2, 0.25) is 0 Å². The molecule has 2 heterocycles. The van der Waals surface area contributed by atoms with E-state index in [-0.39, 0.29) is 5.91 Å². The number of amides is 1. The van der Waals surface area contributed by atoms with Crippen LogP contribution in [0, 0.1) is 13.8 Å². The van der Waals surface area contributed by atoms with E-state index in [4.69, 9.17) is 0 Å². The molecule has 3 rings (SSSR count). The minimum Gasteiger partial charge on any atom is -0.296 e. The smallest absolute Gasteiger partial charge is 0.276 e. The number of nitrogens with one attached hydrogen (secondary N) is 1. The number of aryl methyl sites for hydroxylation is 2. The molecule has 5 heteroatoms. The van der Waals surface area contributed by atoms with Gasteiger partial charge < -0.3 is 0 Å².